The van der Waals surface area contributed by atoms with Crippen molar-refractivity contribution in [2.75, 3.05) is 4.90 Å². The summed E-state index contributed by atoms with van der Waals surface area (Å²) in [6, 6.07) is 12.3. The minimum absolute atomic E-state index is 0.200. The second kappa shape index (κ2) is 7.25. The van der Waals surface area contributed by atoms with Crippen LogP contribution in [-0.4, -0.2) is 31.8 Å². The first-order chi connectivity index (χ1) is 12.3. The Bertz CT molecular complexity index is 819. The third kappa shape index (κ3) is 3.54. The summed E-state index contributed by atoms with van der Waals surface area (Å²) in [4.78, 5) is 28.8. The van der Waals surface area contributed by atoms with E-state index in [2.05, 4.69) is 0 Å². The van der Waals surface area contributed by atoms with Gasteiger partial charge in [0.25, 0.3) is 5.91 Å². The van der Waals surface area contributed by atoms with Crippen LogP contribution in [0.1, 0.15) is 26.3 Å². The standard InChI is InChI=1S/C19H20N2O3S2/c1-13(22)21(15-10-7-11-24-15)16-17(23)20(18(25)26-19(16,2)3)12-14-8-5-4-6-9-14/h4-11,16H,12H2,1-3H3. The van der Waals surface area contributed by atoms with E-state index in [4.69, 9.17) is 16.6 Å². The van der Waals surface area contributed by atoms with E-state index >= 15 is 0 Å². The number of amides is 2. The summed E-state index contributed by atoms with van der Waals surface area (Å²) in [6.07, 6.45) is 1.49. The molecule has 26 heavy (non-hydrogen) atoms. The number of hydrogen-bond donors (Lipinski definition) is 0. The van der Waals surface area contributed by atoms with Crippen molar-refractivity contribution in [3.8, 4) is 0 Å². The Morgan fingerprint density at radius 1 is 1.27 bits per heavy atom. The molecule has 1 aromatic heterocycles. The zero-order valence-corrected chi connectivity index (χ0v) is 16.5. The van der Waals surface area contributed by atoms with Crippen molar-refractivity contribution in [2.24, 2.45) is 0 Å². The molecule has 0 spiro atoms. The van der Waals surface area contributed by atoms with Crippen LogP contribution in [0.5, 0.6) is 0 Å². The minimum Gasteiger partial charge on any atom is -0.448 e. The number of carbonyl (C=O) groups is 2. The lowest BCUT2D eigenvalue weighted by molar-refractivity contribution is -0.132. The van der Waals surface area contributed by atoms with Gasteiger partial charge in [0, 0.05) is 17.7 Å². The van der Waals surface area contributed by atoms with Gasteiger partial charge in [0.1, 0.15) is 10.4 Å². The van der Waals surface area contributed by atoms with Crippen LogP contribution >= 0.6 is 24.0 Å². The minimum atomic E-state index is -0.716. The van der Waals surface area contributed by atoms with E-state index in [0.29, 0.717) is 16.7 Å². The van der Waals surface area contributed by atoms with Gasteiger partial charge in [0.15, 0.2) is 0 Å². The highest BCUT2D eigenvalue weighted by Crippen LogP contribution is 2.41. The van der Waals surface area contributed by atoms with Gasteiger partial charge in [-0.05, 0) is 25.5 Å². The van der Waals surface area contributed by atoms with Gasteiger partial charge in [-0.25, -0.2) is 0 Å². The Labute approximate surface area is 162 Å². The van der Waals surface area contributed by atoms with Gasteiger partial charge < -0.3 is 4.42 Å². The molecule has 5 nitrogen and oxygen atoms in total. The van der Waals surface area contributed by atoms with Crippen molar-refractivity contribution < 1.29 is 14.0 Å². The average molecular weight is 389 g/mol. The van der Waals surface area contributed by atoms with Crippen LogP contribution < -0.4 is 4.90 Å². The SMILES string of the molecule is CC(=O)N(c1ccco1)C1C(=O)N(Cc2ccccc2)C(=S)SC1(C)C. The summed E-state index contributed by atoms with van der Waals surface area (Å²) in [5, 5.41) is 0. The van der Waals surface area contributed by atoms with Crippen molar-refractivity contribution in [1.29, 1.82) is 0 Å². The van der Waals surface area contributed by atoms with Crippen molar-refractivity contribution in [2.45, 2.75) is 38.1 Å². The fourth-order valence-electron chi connectivity index (χ4n) is 3.07. The van der Waals surface area contributed by atoms with E-state index in [1.54, 1.807) is 17.0 Å². The summed E-state index contributed by atoms with van der Waals surface area (Å²) >= 11 is 6.93. The normalized spacial score (nSPS) is 19.5. The second-order valence-electron chi connectivity index (χ2n) is 6.62. The molecule has 1 unspecified atom stereocenters. The Morgan fingerprint density at radius 2 is 1.96 bits per heavy atom. The first-order valence-electron chi connectivity index (χ1n) is 8.23. The van der Waals surface area contributed by atoms with Crippen molar-refractivity contribution in [1.82, 2.24) is 4.90 Å². The molecule has 136 valence electrons. The molecular weight excluding hydrogens is 368 g/mol. The fourth-order valence-corrected chi connectivity index (χ4v) is 4.90. The highest BCUT2D eigenvalue weighted by molar-refractivity contribution is 8.24. The van der Waals surface area contributed by atoms with Crippen molar-refractivity contribution in [3.05, 3.63) is 54.3 Å². The molecule has 0 aliphatic carbocycles. The van der Waals surface area contributed by atoms with Gasteiger partial charge in [-0.1, -0.05) is 54.3 Å². The van der Waals surface area contributed by atoms with Crippen LogP contribution in [0.2, 0.25) is 0 Å². The van der Waals surface area contributed by atoms with Gasteiger partial charge in [0.05, 0.1) is 12.8 Å². The number of rotatable bonds is 4. The second-order valence-corrected chi connectivity index (χ2v) is 8.91. The lowest BCUT2D eigenvalue weighted by Crippen LogP contribution is -2.63. The lowest BCUT2D eigenvalue weighted by Gasteiger charge is -2.46. The molecule has 3 rings (SSSR count). The average Bonchev–Trinajstić information content (AvgIpc) is 3.09. The van der Waals surface area contributed by atoms with Crippen LogP contribution in [0.15, 0.2) is 53.1 Å². The molecule has 1 aliphatic heterocycles. The Balaban J connectivity index is 1.98. The number of anilines is 1. The fraction of sp³-hybridized carbons (Fsp3) is 0.316. The van der Waals surface area contributed by atoms with Crippen LogP contribution in [0.25, 0.3) is 0 Å². The number of carbonyl (C=O) groups excluding carboxylic acids is 2. The molecule has 0 saturated carbocycles. The number of hydrogen-bond acceptors (Lipinski definition) is 5. The molecule has 0 radical (unpaired) electrons. The number of thiocarbonyl (C=S) groups is 1. The highest BCUT2D eigenvalue weighted by Gasteiger charge is 2.50. The van der Waals surface area contributed by atoms with Crippen LogP contribution in [-0.2, 0) is 16.1 Å². The summed E-state index contributed by atoms with van der Waals surface area (Å²) in [5.74, 6) is -0.0920. The van der Waals surface area contributed by atoms with Crippen molar-refractivity contribution in [3.63, 3.8) is 0 Å². The van der Waals surface area contributed by atoms with Gasteiger partial charge in [-0.15, -0.1) is 0 Å². The van der Waals surface area contributed by atoms with Gasteiger partial charge in [-0.2, -0.15) is 0 Å². The number of benzene rings is 1. The van der Waals surface area contributed by atoms with Gasteiger partial charge in [0.2, 0.25) is 11.8 Å². The molecule has 1 fully saturated rings. The first-order valence-corrected chi connectivity index (χ1v) is 9.45. The Hall–Kier alpha value is -2.12. The van der Waals surface area contributed by atoms with E-state index in [-0.39, 0.29) is 11.8 Å². The van der Waals surface area contributed by atoms with E-state index in [1.165, 1.54) is 29.8 Å². The zero-order valence-electron chi connectivity index (χ0n) is 14.8. The maximum absolute atomic E-state index is 13.4. The third-order valence-electron chi connectivity index (χ3n) is 4.25. The Morgan fingerprint density at radius 3 is 2.54 bits per heavy atom. The van der Waals surface area contributed by atoms with Crippen LogP contribution in [0, 0.1) is 0 Å². The molecule has 7 heteroatoms. The van der Waals surface area contributed by atoms with E-state index in [9.17, 15) is 9.59 Å². The van der Waals surface area contributed by atoms with Crippen LogP contribution in [0.3, 0.4) is 0 Å². The zero-order chi connectivity index (χ0) is 18.9. The first kappa shape index (κ1) is 18.7. The maximum Gasteiger partial charge on any atom is 0.253 e. The van der Waals surface area contributed by atoms with Crippen molar-refractivity contribution >= 4 is 46.0 Å². The number of nitrogens with zero attached hydrogens (tertiary/aromatic N) is 2. The quantitative estimate of drug-likeness (QED) is 0.745. The van der Waals surface area contributed by atoms with E-state index in [0.717, 1.165) is 5.56 Å². The summed E-state index contributed by atoms with van der Waals surface area (Å²) < 4.78 is 5.36. The highest BCUT2D eigenvalue weighted by atomic mass is 32.2. The summed E-state index contributed by atoms with van der Waals surface area (Å²) in [7, 11) is 0. The Kier molecular flexibility index (Phi) is 5.20. The molecule has 1 saturated heterocycles. The number of thioether (sulfide) groups is 1. The largest absolute Gasteiger partial charge is 0.448 e. The smallest absolute Gasteiger partial charge is 0.253 e. The van der Waals surface area contributed by atoms with Gasteiger partial charge in [-0.3, -0.25) is 19.4 Å². The topological polar surface area (TPSA) is 53.8 Å². The molecule has 2 amide bonds. The molecular formula is C19H20N2O3S2. The van der Waals surface area contributed by atoms with E-state index in [1.807, 2.05) is 44.2 Å². The van der Waals surface area contributed by atoms with E-state index < -0.39 is 10.8 Å². The molecule has 1 aromatic carbocycles. The summed E-state index contributed by atoms with van der Waals surface area (Å²) in [5.41, 5.74) is 0.981. The molecule has 0 N–H and O–H groups in total. The molecule has 2 aromatic rings. The maximum atomic E-state index is 13.4. The van der Waals surface area contributed by atoms with Crippen LogP contribution in [0.4, 0.5) is 5.88 Å². The number of furan rings is 1. The molecule has 2 heterocycles. The molecule has 0 bridgehead atoms. The predicted molar refractivity (Wildman–Crippen MR) is 107 cm³/mol. The molecule has 1 aliphatic rings. The lowest BCUT2D eigenvalue weighted by atomic mass is 9.98. The monoisotopic (exact) mass is 388 g/mol. The predicted octanol–water partition coefficient (Wildman–Crippen LogP) is 3.84. The molecule has 1 atom stereocenters. The van der Waals surface area contributed by atoms with Gasteiger partial charge >= 0.3 is 0 Å². The third-order valence-corrected chi connectivity index (χ3v) is 5.87. The summed E-state index contributed by atoms with van der Waals surface area (Å²) in [6.45, 7) is 5.66.